The van der Waals surface area contributed by atoms with Crippen molar-refractivity contribution < 1.29 is 14.2 Å². The molecule has 4 heteroatoms. The van der Waals surface area contributed by atoms with Gasteiger partial charge in [-0.05, 0) is 61.3 Å². The fourth-order valence-electron chi connectivity index (χ4n) is 2.73. The molecule has 1 N–H and O–H groups in total. The van der Waals surface area contributed by atoms with E-state index in [9.17, 15) is 9.50 Å². The predicted octanol–water partition coefficient (Wildman–Crippen LogP) is 3.67. The number of halogens is 1. The molecule has 0 atom stereocenters. The lowest BCUT2D eigenvalue weighted by Crippen LogP contribution is -2.25. The number of ether oxygens (including phenoxy) is 1. The van der Waals surface area contributed by atoms with Crippen molar-refractivity contribution in [2.45, 2.75) is 12.8 Å². The molecule has 1 heterocycles. The zero-order valence-electron chi connectivity index (χ0n) is 12.5. The van der Waals surface area contributed by atoms with Crippen LogP contribution in [-0.2, 0) is 0 Å². The van der Waals surface area contributed by atoms with E-state index in [1.54, 1.807) is 6.07 Å². The first-order valence-corrected chi connectivity index (χ1v) is 7.66. The summed E-state index contributed by atoms with van der Waals surface area (Å²) in [7, 11) is 0. The number of aromatic hydroxyl groups is 1. The highest BCUT2D eigenvalue weighted by Crippen LogP contribution is 2.27. The lowest BCUT2D eigenvalue weighted by molar-refractivity contribution is 0.238. The number of phenolic OH excluding ortho intramolecular Hbond substituents is 1. The van der Waals surface area contributed by atoms with E-state index in [0.717, 1.165) is 23.4 Å². The first kappa shape index (κ1) is 14.9. The quantitative estimate of drug-likeness (QED) is 0.914. The molecule has 1 saturated heterocycles. The fourth-order valence-corrected chi connectivity index (χ4v) is 2.73. The van der Waals surface area contributed by atoms with Gasteiger partial charge in [-0.2, -0.15) is 0 Å². The third-order valence-electron chi connectivity index (χ3n) is 4.01. The lowest BCUT2D eigenvalue weighted by atomic mass is 10.1. The van der Waals surface area contributed by atoms with Crippen LogP contribution in [0, 0.1) is 5.82 Å². The highest BCUT2D eigenvalue weighted by atomic mass is 19.1. The molecular weight excluding hydrogens is 281 g/mol. The van der Waals surface area contributed by atoms with Crippen LogP contribution >= 0.6 is 0 Å². The molecule has 22 heavy (non-hydrogen) atoms. The summed E-state index contributed by atoms with van der Waals surface area (Å²) in [5, 5.41) is 9.43. The van der Waals surface area contributed by atoms with Gasteiger partial charge in [0.05, 0.1) is 0 Å². The van der Waals surface area contributed by atoms with Gasteiger partial charge in [-0.3, -0.25) is 4.90 Å². The molecule has 1 aliphatic rings. The van der Waals surface area contributed by atoms with Gasteiger partial charge in [-0.15, -0.1) is 0 Å². The highest BCUT2D eigenvalue weighted by molar-refractivity contribution is 5.65. The van der Waals surface area contributed by atoms with Gasteiger partial charge in [-0.25, -0.2) is 4.39 Å². The van der Waals surface area contributed by atoms with Crippen LogP contribution in [0.3, 0.4) is 0 Å². The van der Waals surface area contributed by atoms with Crippen LogP contribution in [0.2, 0.25) is 0 Å². The zero-order valence-corrected chi connectivity index (χ0v) is 12.5. The topological polar surface area (TPSA) is 32.7 Å². The third-order valence-corrected chi connectivity index (χ3v) is 4.01. The van der Waals surface area contributed by atoms with Crippen LogP contribution in [0.15, 0.2) is 42.5 Å². The Balaban J connectivity index is 1.58. The van der Waals surface area contributed by atoms with Gasteiger partial charge in [0, 0.05) is 6.54 Å². The second kappa shape index (κ2) is 6.79. The Labute approximate surface area is 130 Å². The van der Waals surface area contributed by atoms with Crippen LogP contribution in [-0.4, -0.2) is 36.2 Å². The molecule has 1 aliphatic heterocycles. The molecule has 0 unspecified atom stereocenters. The molecule has 3 nitrogen and oxygen atoms in total. The summed E-state index contributed by atoms with van der Waals surface area (Å²) in [5.74, 6) is -0.108. The van der Waals surface area contributed by atoms with Gasteiger partial charge in [0.1, 0.15) is 12.4 Å². The summed E-state index contributed by atoms with van der Waals surface area (Å²) in [4.78, 5) is 2.41. The standard InChI is InChI=1S/C18H20FNO2/c19-17-8-5-15(13-18(17)21)14-3-6-16(7-4-14)22-12-11-20-9-1-2-10-20/h3-8,13,21H,1-2,9-12H2. The molecule has 116 valence electrons. The Morgan fingerprint density at radius 2 is 1.68 bits per heavy atom. The van der Waals surface area contributed by atoms with Gasteiger partial charge >= 0.3 is 0 Å². The second-order valence-corrected chi connectivity index (χ2v) is 5.59. The molecule has 0 spiro atoms. The smallest absolute Gasteiger partial charge is 0.164 e. The van der Waals surface area contributed by atoms with E-state index >= 15 is 0 Å². The lowest BCUT2D eigenvalue weighted by Gasteiger charge is -2.15. The number of hydrogen-bond acceptors (Lipinski definition) is 3. The number of hydrogen-bond donors (Lipinski definition) is 1. The van der Waals surface area contributed by atoms with Gasteiger partial charge in [0.25, 0.3) is 0 Å². The molecule has 0 aromatic heterocycles. The van der Waals surface area contributed by atoms with Gasteiger partial charge in [0.15, 0.2) is 11.6 Å². The SMILES string of the molecule is Oc1cc(-c2ccc(OCCN3CCCC3)cc2)ccc1F. The van der Waals surface area contributed by atoms with E-state index in [2.05, 4.69) is 4.90 Å². The van der Waals surface area contributed by atoms with Crippen LogP contribution < -0.4 is 4.74 Å². The molecule has 2 aromatic rings. The number of likely N-dealkylation sites (tertiary alicyclic amines) is 1. The minimum Gasteiger partial charge on any atom is -0.505 e. The molecule has 0 saturated carbocycles. The normalized spacial score (nSPS) is 15.1. The van der Waals surface area contributed by atoms with Crippen molar-refractivity contribution in [2.24, 2.45) is 0 Å². The molecule has 0 aliphatic carbocycles. The largest absolute Gasteiger partial charge is 0.505 e. The van der Waals surface area contributed by atoms with E-state index in [1.807, 2.05) is 24.3 Å². The summed E-state index contributed by atoms with van der Waals surface area (Å²) < 4.78 is 18.8. The molecule has 0 radical (unpaired) electrons. The number of nitrogens with zero attached hydrogens (tertiary/aromatic N) is 1. The van der Waals surface area contributed by atoms with Crippen molar-refractivity contribution >= 4 is 0 Å². The van der Waals surface area contributed by atoms with Crippen LogP contribution in [0.25, 0.3) is 11.1 Å². The van der Waals surface area contributed by atoms with Crippen molar-refractivity contribution in [1.29, 1.82) is 0 Å². The van der Waals surface area contributed by atoms with E-state index in [-0.39, 0.29) is 5.75 Å². The Bertz CT molecular complexity index is 621. The highest BCUT2D eigenvalue weighted by Gasteiger charge is 2.10. The Kier molecular flexibility index (Phi) is 4.59. The third kappa shape index (κ3) is 3.57. The summed E-state index contributed by atoms with van der Waals surface area (Å²) in [5.41, 5.74) is 1.70. The summed E-state index contributed by atoms with van der Waals surface area (Å²) >= 11 is 0. The molecule has 2 aromatic carbocycles. The van der Waals surface area contributed by atoms with E-state index in [1.165, 1.54) is 38.1 Å². The average Bonchev–Trinajstić information content (AvgIpc) is 3.04. The number of phenols is 1. The van der Waals surface area contributed by atoms with Crippen molar-refractivity contribution in [3.05, 3.63) is 48.3 Å². The van der Waals surface area contributed by atoms with Gasteiger partial charge in [-0.1, -0.05) is 18.2 Å². The van der Waals surface area contributed by atoms with Crippen molar-refractivity contribution in [1.82, 2.24) is 4.90 Å². The Morgan fingerprint density at radius 3 is 2.36 bits per heavy atom. The minimum atomic E-state index is -0.606. The average molecular weight is 301 g/mol. The zero-order chi connectivity index (χ0) is 15.4. The van der Waals surface area contributed by atoms with Crippen molar-refractivity contribution in [2.75, 3.05) is 26.2 Å². The molecule has 1 fully saturated rings. The fraction of sp³-hybridized carbons (Fsp3) is 0.333. The van der Waals surface area contributed by atoms with Crippen LogP contribution in [0.5, 0.6) is 11.5 Å². The van der Waals surface area contributed by atoms with Gasteiger partial charge < -0.3 is 9.84 Å². The maximum atomic E-state index is 13.1. The summed E-state index contributed by atoms with van der Waals surface area (Å²) in [6.45, 7) is 4.01. The van der Waals surface area contributed by atoms with Crippen LogP contribution in [0.4, 0.5) is 4.39 Å². The van der Waals surface area contributed by atoms with Crippen molar-refractivity contribution in [3.8, 4) is 22.6 Å². The molecular formula is C18H20FNO2. The molecule has 0 bridgehead atoms. The predicted molar refractivity (Wildman–Crippen MR) is 84.7 cm³/mol. The molecule has 3 rings (SSSR count). The monoisotopic (exact) mass is 301 g/mol. The maximum absolute atomic E-state index is 13.1. The summed E-state index contributed by atoms with van der Waals surface area (Å²) in [6.07, 6.45) is 2.58. The van der Waals surface area contributed by atoms with Crippen LogP contribution in [0.1, 0.15) is 12.8 Å². The number of rotatable bonds is 5. The number of benzene rings is 2. The van der Waals surface area contributed by atoms with E-state index in [0.29, 0.717) is 6.61 Å². The van der Waals surface area contributed by atoms with Gasteiger partial charge in [0.2, 0.25) is 0 Å². The second-order valence-electron chi connectivity index (χ2n) is 5.59. The first-order chi connectivity index (χ1) is 10.7. The molecule has 0 amide bonds. The Hall–Kier alpha value is -2.07. The summed E-state index contributed by atoms with van der Waals surface area (Å²) in [6, 6.07) is 12.0. The first-order valence-electron chi connectivity index (χ1n) is 7.66. The minimum absolute atomic E-state index is 0.330. The Morgan fingerprint density at radius 1 is 1.00 bits per heavy atom. The maximum Gasteiger partial charge on any atom is 0.164 e. The van der Waals surface area contributed by atoms with E-state index < -0.39 is 5.82 Å². The van der Waals surface area contributed by atoms with E-state index in [4.69, 9.17) is 4.74 Å². The van der Waals surface area contributed by atoms with Crippen molar-refractivity contribution in [3.63, 3.8) is 0 Å².